The summed E-state index contributed by atoms with van der Waals surface area (Å²) in [6.07, 6.45) is 4.97. The highest BCUT2D eigenvalue weighted by atomic mass is 79.9. The molecule has 1 saturated carbocycles. The van der Waals surface area contributed by atoms with Gasteiger partial charge in [0.1, 0.15) is 5.75 Å². The standard InChI is InChI=1S/C15H19Br2NO2/c16-8-11-3-1-2-4-12(11)9-18-15(20)10-5-6-13(17)14(19)7-10/h5-7,11-12,19H,1-4,8-9H2,(H,18,20). The molecule has 1 aliphatic rings. The summed E-state index contributed by atoms with van der Waals surface area (Å²) < 4.78 is 0.598. The summed E-state index contributed by atoms with van der Waals surface area (Å²) in [5, 5.41) is 13.6. The van der Waals surface area contributed by atoms with Gasteiger partial charge in [-0.1, -0.05) is 28.8 Å². The van der Waals surface area contributed by atoms with Gasteiger partial charge in [-0.15, -0.1) is 0 Å². The van der Waals surface area contributed by atoms with Crippen molar-refractivity contribution in [2.75, 3.05) is 11.9 Å². The zero-order valence-corrected chi connectivity index (χ0v) is 14.4. The van der Waals surface area contributed by atoms with Gasteiger partial charge < -0.3 is 10.4 Å². The van der Waals surface area contributed by atoms with Crippen LogP contribution in [0, 0.1) is 11.8 Å². The second-order valence-electron chi connectivity index (χ2n) is 5.34. The van der Waals surface area contributed by atoms with Crippen LogP contribution in [0.15, 0.2) is 22.7 Å². The van der Waals surface area contributed by atoms with Gasteiger partial charge in [0.05, 0.1) is 4.47 Å². The predicted octanol–water partition coefficient (Wildman–Crippen LogP) is 4.09. The largest absolute Gasteiger partial charge is 0.507 e. The zero-order valence-electron chi connectivity index (χ0n) is 11.2. The van der Waals surface area contributed by atoms with Crippen LogP contribution in [0.1, 0.15) is 36.0 Å². The Morgan fingerprint density at radius 3 is 2.65 bits per heavy atom. The van der Waals surface area contributed by atoms with Crippen LogP contribution in [-0.4, -0.2) is 22.9 Å². The van der Waals surface area contributed by atoms with Gasteiger partial charge in [0.25, 0.3) is 5.91 Å². The van der Waals surface area contributed by atoms with E-state index in [1.54, 1.807) is 12.1 Å². The fourth-order valence-electron chi connectivity index (χ4n) is 2.74. The lowest BCUT2D eigenvalue weighted by atomic mass is 9.80. The molecule has 2 atom stereocenters. The van der Waals surface area contributed by atoms with Crippen molar-refractivity contribution in [3.63, 3.8) is 0 Å². The van der Waals surface area contributed by atoms with Gasteiger partial charge in [0.2, 0.25) is 0 Å². The first-order valence-corrected chi connectivity index (χ1v) is 8.86. The van der Waals surface area contributed by atoms with Crippen LogP contribution < -0.4 is 5.32 Å². The molecular formula is C15H19Br2NO2. The first-order chi connectivity index (χ1) is 9.61. The lowest BCUT2D eigenvalue weighted by molar-refractivity contribution is 0.0936. The number of amides is 1. The summed E-state index contributed by atoms with van der Waals surface area (Å²) in [4.78, 5) is 12.1. The lowest BCUT2D eigenvalue weighted by Crippen LogP contribution is -2.34. The molecule has 2 N–H and O–H groups in total. The van der Waals surface area contributed by atoms with Gasteiger partial charge >= 0.3 is 0 Å². The maximum Gasteiger partial charge on any atom is 0.251 e. The van der Waals surface area contributed by atoms with Crippen molar-refractivity contribution < 1.29 is 9.90 Å². The van der Waals surface area contributed by atoms with Gasteiger partial charge in [0.15, 0.2) is 0 Å². The minimum absolute atomic E-state index is 0.0913. The predicted molar refractivity (Wildman–Crippen MR) is 87.4 cm³/mol. The van der Waals surface area contributed by atoms with Crippen molar-refractivity contribution in [3.05, 3.63) is 28.2 Å². The molecule has 0 saturated heterocycles. The average Bonchev–Trinajstić information content (AvgIpc) is 2.47. The topological polar surface area (TPSA) is 49.3 Å². The van der Waals surface area contributed by atoms with E-state index in [-0.39, 0.29) is 11.7 Å². The van der Waals surface area contributed by atoms with Crippen LogP contribution in [0.25, 0.3) is 0 Å². The first kappa shape index (κ1) is 15.8. The molecule has 2 unspecified atom stereocenters. The van der Waals surface area contributed by atoms with E-state index in [0.717, 1.165) is 5.33 Å². The van der Waals surface area contributed by atoms with E-state index < -0.39 is 0 Å². The zero-order chi connectivity index (χ0) is 14.5. The average molecular weight is 405 g/mol. The Kier molecular flexibility index (Phi) is 5.90. The number of alkyl halides is 1. The van der Waals surface area contributed by atoms with Gasteiger partial charge in [-0.2, -0.15) is 0 Å². The Labute approximate surface area is 136 Å². The van der Waals surface area contributed by atoms with E-state index in [1.807, 2.05) is 0 Å². The molecule has 110 valence electrons. The monoisotopic (exact) mass is 403 g/mol. The van der Waals surface area contributed by atoms with Crippen molar-refractivity contribution >= 4 is 37.8 Å². The molecule has 1 aliphatic carbocycles. The Morgan fingerprint density at radius 1 is 1.30 bits per heavy atom. The van der Waals surface area contributed by atoms with Crippen LogP contribution in [0.3, 0.4) is 0 Å². The molecule has 0 aliphatic heterocycles. The number of hydrogen-bond donors (Lipinski definition) is 2. The highest BCUT2D eigenvalue weighted by Crippen LogP contribution is 2.31. The Morgan fingerprint density at radius 2 is 2.00 bits per heavy atom. The molecule has 1 amide bonds. The van der Waals surface area contributed by atoms with E-state index in [0.29, 0.717) is 28.4 Å². The van der Waals surface area contributed by atoms with Crippen molar-refractivity contribution in [2.45, 2.75) is 25.7 Å². The van der Waals surface area contributed by atoms with Crippen LogP contribution in [0.2, 0.25) is 0 Å². The van der Waals surface area contributed by atoms with Crippen LogP contribution in [-0.2, 0) is 0 Å². The number of aromatic hydroxyl groups is 1. The van der Waals surface area contributed by atoms with E-state index in [4.69, 9.17) is 0 Å². The molecule has 0 radical (unpaired) electrons. The molecule has 2 rings (SSSR count). The molecule has 1 fully saturated rings. The number of phenolic OH excluding ortho intramolecular Hbond substituents is 1. The maximum absolute atomic E-state index is 12.1. The van der Waals surface area contributed by atoms with Crippen LogP contribution in [0.5, 0.6) is 5.75 Å². The Bertz CT molecular complexity index is 479. The van der Waals surface area contributed by atoms with Crippen LogP contribution >= 0.6 is 31.9 Å². The number of halogens is 2. The van der Waals surface area contributed by atoms with Crippen molar-refractivity contribution in [3.8, 4) is 5.75 Å². The Balaban J connectivity index is 1.92. The first-order valence-electron chi connectivity index (χ1n) is 6.94. The molecule has 0 heterocycles. The summed E-state index contributed by atoms with van der Waals surface area (Å²) in [6.45, 7) is 0.714. The number of benzene rings is 1. The van der Waals surface area contributed by atoms with Gasteiger partial charge in [-0.05, 0) is 58.8 Å². The lowest BCUT2D eigenvalue weighted by Gasteiger charge is -2.30. The summed E-state index contributed by atoms with van der Waals surface area (Å²) in [5.41, 5.74) is 0.497. The molecular weight excluding hydrogens is 386 g/mol. The number of carbonyl (C=O) groups excluding carboxylic acids is 1. The van der Waals surface area contributed by atoms with E-state index in [2.05, 4.69) is 37.2 Å². The van der Waals surface area contributed by atoms with Crippen molar-refractivity contribution in [1.82, 2.24) is 5.32 Å². The quantitative estimate of drug-likeness (QED) is 0.742. The van der Waals surface area contributed by atoms with Gasteiger partial charge in [-0.25, -0.2) is 0 Å². The third-order valence-electron chi connectivity index (χ3n) is 4.00. The van der Waals surface area contributed by atoms with E-state index >= 15 is 0 Å². The summed E-state index contributed by atoms with van der Waals surface area (Å²) in [5.74, 6) is 1.18. The van der Waals surface area contributed by atoms with Gasteiger partial charge in [0, 0.05) is 17.4 Å². The molecule has 1 aromatic rings. The maximum atomic E-state index is 12.1. The van der Waals surface area contributed by atoms with Crippen LogP contribution in [0.4, 0.5) is 0 Å². The highest BCUT2D eigenvalue weighted by molar-refractivity contribution is 9.10. The summed E-state index contributed by atoms with van der Waals surface area (Å²) >= 11 is 6.78. The van der Waals surface area contributed by atoms with Crippen molar-refractivity contribution in [1.29, 1.82) is 0 Å². The normalized spacial score (nSPS) is 22.5. The molecule has 5 heteroatoms. The third kappa shape index (κ3) is 3.98. The summed E-state index contributed by atoms with van der Waals surface area (Å²) in [6, 6.07) is 4.89. The molecule has 20 heavy (non-hydrogen) atoms. The molecule has 0 spiro atoms. The minimum atomic E-state index is -0.119. The smallest absolute Gasteiger partial charge is 0.251 e. The number of carbonyl (C=O) groups is 1. The van der Waals surface area contributed by atoms with Crippen molar-refractivity contribution in [2.24, 2.45) is 11.8 Å². The SMILES string of the molecule is O=C(NCC1CCCCC1CBr)c1ccc(Br)c(O)c1. The third-order valence-corrected chi connectivity index (χ3v) is 5.50. The van der Waals surface area contributed by atoms with E-state index in [1.165, 1.54) is 31.7 Å². The fourth-order valence-corrected chi connectivity index (χ4v) is 3.84. The minimum Gasteiger partial charge on any atom is -0.507 e. The fraction of sp³-hybridized carbons (Fsp3) is 0.533. The Hall–Kier alpha value is -0.550. The molecule has 1 aromatic carbocycles. The number of hydrogen-bond acceptors (Lipinski definition) is 2. The highest BCUT2D eigenvalue weighted by Gasteiger charge is 2.24. The molecule has 3 nitrogen and oxygen atoms in total. The number of nitrogens with one attached hydrogen (secondary N) is 1. The number of rotatable bonds is 4. The van der Waals surface area contributed by atoms with Gasteiger partial charge in [-0.3, -0.25) is 4.79 Å². The number of phenols is 1. The molecule has 0 aromatic heterocycles. The summed E-state index contributed by atoms with van der Waals surface area (Å²) in [7, 11) is 0. The second kappa shape index (κ2) is 7.46. The second-order valence-corrected chi connectivity index (χ2v) is 6.84. The van der Waals surface area contributed by atoms with E-state index in [9.17, 15) is 9.90 Å². The molecule has 0 bridgehead atoms.